The van der Waals surface area contributed by atoms with Crippen molar-refractivity contribution in [3.63, 3.8) is 0 Å². The Kier molecular flexibility index (Phi) is 4.98. The predicted molar refractivity (Wildman–Crippen MR) is 86.4 cm³/mol. The van der Waals surface area contributed by atoms with E-state index in [-0.39, 0.29) is 6.10 Å². The van der Waals surface area contributed by atoms with Gasteiger partial charge in [0.25, 0.3) is 0 Å². The summed E-state index contributed by atoms with van der Waals surface area (Å²) in [5.41, 5.74) is 0.967. The molecule has 0 unspecified atom stereocenters. The van der Waals surface area contributed by atoms with Crippen molar-refractivity contribution in [1.29, 1.82) is 0 Å². The molecule has 1 heterocycles. The lowest BCUT2D eigenvalue weighted by atomic mass is 10.3. The summed E-state index contributed by atoms with van der Waals surface area (Å²) in [7, 11) is 1.85. The number of aryl methyl sites for hydroxylation is 1. The molecule has 0 fully saturated rings. The highest BCUT2D eigenvalue weighted by Crippen LogP contribution is 2.21. The van der Waals surface area contributed by atoms with Crippen LogP contribution in [0.4, 0.5) is 17.3 Å². The van der Waals surface area contributed by atoms with Crippen LogP contribution in [0.15, 0.2) is 30.3 Å². The van der Waals surface area contributed by atoms with Crippen LogP contribution < -0.4 is 15.4 Å². The lowest BCUT2D eigenvalue weighted by Gasteiger charge is -2.12. The molecule has 5 heteroatoms. The number of benzene rings is 1. The number of hydrogen-bond donors (Lipinski definition) is 2. The van der Waals surface area contributed by atoms with Crippen LogP contribution in [-0.2, 0) is 6.42 Å². The van der Waals surface area contributed by atoms with Crippen LogP contribution in [-0.4, -0.2) is 23.1 Å². The molecule has 0 aliphatic heterocycles. The molecule has 0 radical (unpaired) electrons. The van der Waals surface area contributed by atoms with E-state index in [1.165, 1.54) is 0 Å². The minimum Gasteiger partial charge on any atom is -0.491 e. The van der Waals surface area contributed by atoms with Crippen molar-refractivity contribution in [1.82, 2.24) is 9.97 Å². The first-order chi connectivity index (χ1) is 10.1. The van der Waals surface area contributed by atoms with Crippen LogP contribution >= 0.6 is 0 Å². The van der Waals surface area contributed by atoms with Gasteiger partial charge in [-0.25, -0.2) is 9.97 Å². The molecule has 2 N–H and O–H groups in total. The third kappa shape index (κ3) is 4.34. The molecular weight excluding hydrogens is 264 g/mol. The highest BCUT2D eigenvalue weighted by molar-refractivity contribution is 5.59. The third-order valence-corrected chi connectivity index (χ3v) is 2.84. The number of anilines is 3. The number of hydrogen-bond acceptors (Lipinski definition) is 5. The van der Waals surface area contributed by atoms with Crippen molar-refractivity contribution in [2.75, 3.05) is 17.7 Å². The molecule has 21 heavy (non-hydrogen) atoms. The average Bonchev–Trinajstić information content (AvgIpc) is 2.48. The Morgan fingerprint density at radius 1 is 1.10 bits per heavy atom. The summed E-state index contributed by atoms with van der Waals surface area (Å²) in [6, 6.07) is 9.74. The van der Waals surface area contributed by atoms with Crippen molar-refractivity contribution < 1.29 is 4.74 Å². The Balaban J connectivity index is 2.14. The summed E-state index contributed by atoms with van der Waals surface area (Å²) in [5.74, 6) is 3.26. The van der Waals surface area contributed by atoms with E-state index in [1.807, 2.05) is 58.2 Å². The zero-order valence-electron chi connectivity index (χ0n) is 13.0. The first-order valence-electron chi connectivity index (χ1n) is 7.20. The summed E-state index contributed by atoms with van der Waals surface area (Å²) < 4.78 is 5.63. The van der Waals surface area contributed by atoms with Gasteiger partial charge in [-0.3, -0.25) is 0 Å². The van der Waals surface area contributed by atoms with Gasteiger partial charge >= 0.3 is 0 Å². The van der Waals surface area contributed by atoms with Gasteiger partial charge in [0.15, 0.2) is 0 Å². The fraction of sp³-hybridized carbons (Fsp3) is 0.375. The van der Waals surface area contributed by atoms with E-state index in [4.69, 9.17) is 4.74 Å². The summed E-state index contributed by atoms with van der Waals surface area (Å²) in [6.45, 7) is 6.06. The highest BCUT2D eigenvalue weighted by atomic mass is 16.5. The Bertz CT molecular complexity index is 559. The molecule has 0 bridgehead atoms. The Hall–Kier alpha value is -2.30. The number of nitrogens with zero attached hydrogens (tertiary/aromatic N) is 2. The zero-order valence-corrected chi connectivity index (χ0v) is 13.0. The summed E-state index contributed by atoms with van der Waals surface area (Å²) in [5, 5.41) is 6.33. The molecule has 0 amide bonds. The van der Waals surface area contributed by atoms with Gasteiger partial charge in [0, 0.05) is 25.2 Å². The van der Waals surface area contributed by atoms with Gasteiger partial charge in [-0.15, -0.1) is 0 Å². The summed E-state index contributed by atoms with van der Waals surface area (Å²) in [4.78, 5) is 8.85. The standard InChI is InChI=1S/C16H22N4O/c1-5-14-19-15(17-4)10-16(20-14)18-12-6-8-13(9-7-12)21-11(2)3/h6-11H,5H2,1-4H3,(H2,17,18,19,20). The quantitative estimate of drug-likeness (QED) is 0.849. The van der Waals surface area contributed by atoms with Crippen LogP contribution in [0.3, 0.4) is 0 Å². The number of ether oxygens (including phenoxy) is 1. The second-order valence-electron chi connectivity index (χ2n) is 4.97. The van der Waals surface area contributed by atoms with E-state index in [9.17, 15) is 0 Å². The maximum absolute atomic E-state index is 5.63. The lowest BCUT2D eigenvalue weighted by Crippen LogP contribution is -2.05. The van der Waals surface area contributed by atoms with Gasteiger partial charge in [0.1, 0.15) is 23.2 Å². The average molecular weight is 286 g/mol. The molecule has 0 aliphatic rings. The smallest absolute Gasteiger partial charge is 0.136 e. The van der Waals surface area contributed by atoms with Gasteiger partial charge < -0.3 is 15.4 Å². The molecule has 1 aromatic carbocycles. The molecule has 112 valence electrons. The van der Waals surface area contributed by atoms with Gasteiger partial charge in [0.2, 0.25) is 0 Å². The van der Waals surface area contributed by atoms with Crippen molar-refractivity contribution in [2.24, 2.45) is 0 Å². The first kappa shape index (κ1) is 15.1. The molecule has 2 aromatic rings. The summed E-state index contributed by atoms with van der Waals surface area (Å²) >= 11 is 0. The van der Waals surface area contributed by atoms with Crippen molar-refractivity contribution >= 4 is 17.3 Å². The van der Waals surface area contributed by atoms with Crippen LogP contribution in [0.25, 0.3) is 0 Å². The van der Waals surface area contributed by atoms with Crippen LogP contribution in [0.2, 0.25) is 0 Å². The van der Waals surface area contributed by atoms with Crippen LogP contribution in [0.5, 0.6) is 5.75 Å². The van der Waals surface area contributed by atoms with Crippen molar-refractivity contribution in [3.05, 3.63) is 36.2 Å². The number of aromatic nitrogens is 2. The largest absolute Gasteiger partial charge is 0.491 e. The van der Waals surface area contributed by atoms with E-state index in [0.29, 0.717) is 0 Å². The SMILES string of the molecule is CCc1nc(NC)cc(Nc2ccc(OC(C)C)cc2)n1. The van der Waals surface area contributed by atoms with Crippen LogP contribution in [0, 0.1) is 0 Å². The minimum atomic E-state index is 0.177. The van der Waals surface area contributed by atoms with E-state index in [1.54, 1.807) is 0 Å². The molecule has 0 spiro atoms. The minimum absolute atomic E-state index is 0.177. The molecule has 0 saturated carbocycles. The van der Waals surface area contributed by atoms with Crippen LogP contribution in [0.1, 0.15) is 26.6 Å². The van der Waals surface area contributed by atoms with E-state index in [0.717, 1.165) is 35.3 Å². The molecule has 0 atom stereocenters. The molecule has 0 saturated heterocycles. The first-order valence-corrected chi connectivity index (χ1v) is 7.20. The second-order valence-corrected chi connectivity index (χ2v) is 4.97. The lowest BCUT2D eigenvalue weighted by molar-refractivity contribution is 0.242. The molecule has 0 aliphatic carbocycles. The van der Waals surface area contributed by atoms with Crippen molar-refractivity contribution in [3.8, 4) is 5.75 Å². The predicted octanol–water partition coefficient (Wildman–Crippen LogP) is 3.61. The second kappa shape index (κ2) is 6.92. The Morgan fingerprint density at radius 2 is 1.76 bits per heavy atom. The normalized spacial score (nSPS) is 10.5. The fourth-order valence-corrected chi connectivity index (χ4v) is 1.88. The van der Waals surface area contributed by atoms with Gasteiger partial charge in [0.05, 0.1) is 6.10 Å². The van der Waals surface area contributed by atoms with Gasteiger partial charge in [-0.1, -0.05) is 6.92 Å². The van der Waals surface area contributed by atoms with E-state index in [2.05, 4.69) is 20.6 Å². The van der Waals surface area contributed by atoms with Gasteiger partial charge in [-0.2, -0.15) is 0 Å². The Morgan fingerprint density at radius 3 is 2.33 bits per heavy atom. The maximum Gasteiger partial charge on any atom is 0.136 e. The van der Waals surface area contributed by atoms with Crippen molar-refractivity contribution in [2.45, 2.75) is 33.3 Å². The molecule has 5 nitrogen and oxygen atoms in total. The Labute approximate surface area is 125 Å². The summed E-state index contributed by atoms with van der Waals surface area (Å²) in [6.07, 6.45) is 0.974. The van der Waals surface area contributed by atoms with Gasteiger partial charge in [-0.05, 0) is 38.1 Å². The maximum atomic E-state index is 5.63. The zero-order chi connectivity index (χ0) is 15.2. The topological polar surface area (TPSA) is 59.1 Å². The van der Waals surface area contributed by atoms with E-state index >= 15 is 0 Å². The molecule has 2 rings (SSSR count). The monoisotopic (exact) mass is 286 g/mol. The highest BCUT2D eigenvalue weighted by Gasteiger charge is 2.04. The third-order valence-electron chi connectivity index (χ3n) is 2.84. The molecular formula is C16H22N4O. The fourth-order valence-electron chi connectivity index (χ4n) is 1.88. The number of nitrogens with one attached hydrogen (secondary N) is 2. The van der Waals surface area contributed by atoms with E-state index < -0.39 is 0 Å². The number of rotatable bonds is 6. The molecule has 1 aromatic heterocycles.